The number of rotatable bonds is 6. The third kappa shape index (κ3) is 4.72. The third-order valence-corrected chi connectivity index (χ3v) is 3.65. The van der Waals surface area contributed by atoms with Gasteiger partial charge in [-0.3, -0.25) is 4.90 Å². The van der Waals surface area contributed by atoms with Crippen LogP contribution in [0.1, 0.15) is 20.8 Å². The average molecular weight is 277 g/mol. The summed E-state index contributed by atoms with van der Waals surface area (Å²) >= 11 is 0. The van der Waals surface area contributed by atoms with Crippen molar-refractivity contribution < 1.29 is 0 Å². The van der Waals surface area contributed by atoms with E-state index in [2.05, 4.69) is 45.9 Å². The van der Waals surface area contributed by atoms with Crippen molar-refractivity contribution in [2.24, 2.45) is 5.92 Å². The Hall–Kier alpha value is -1.20. The van der Waals surface area contributed by atoms with Crippen LogP contribution >= 0.6 is 0 Å². The van der Waals surface area contributed by atoms with Crippen molar-refractivity contribution in [1.29, 1.82) is 0 Å². The monoisotopic (exact) mass is 277 g/mol. The number of nitrogens with zero attached hydrogens (tertiary/aromatic N) is 4. The fourth-order valence-electron chi connectivity index (χ4n) is 2.53. The summed E-state index contributed by atoms with van der Waals surface area (Å²) in [5.74, 6) is 1.55. The quantitative estimate of drug-likeness (QED) is 0.847. The number of hydrogen-bond acceptors (Lipinski definition) is 5. The van der Waals surface area contributed by atoms with Crippen LogP contribution in [0.4, 0.5) is 5.95 Å². The number of aromatic nitrogens is 2. The number of nitrogens with one attached hydrogen (secondary N) is 1. The number of piperazine rings is 1. The zero-order chi connectivity index (χ0) is 14.4. The number of anilines is 1. The molecule has 20 heavy (non-hydrogen) atoms. The minimum absolute atomic E-state index is 0.574. The summed E-state index contributed by atoms with van der Waals surface area (Å²) in [5.41, 5.74) is 0. The summed E-state index contributed by atoms with van der Waals surface area (Å²) in [7, 11) is 0. The maximum absolute atomic E-state index is 4.32. The van der Waals surface area contributed by atoms with E-state index in [-0.39, 0.29) is 0 Å². The molecule has 0 amide bonds. The highest BCUT2D eigenvalue weighted by molar-refractivity contribution is 5.29. The van der Waals surface area contributed by atoms with Crippen LogP contribution in [-0.4, -0.2) is 60.2 Å². The summed E-state index contributed by atoms with van der Waals surface area (Å²) in [4.78, 5) is 13.5. The zero-order valence-corrected chi connectivity index (χ0v) is 12.9. The molecule has 0 radical (unpaired) electrons. The van der Waals surface area contributed by atoms with Gasteiger partial charge < -0.3 is 10.2 Å². The van der Waals surface area contributed by atoms with E-state index in [0.29, 0.717) is 12.0 Å². The molecular formula is C15H27N5. The van der Waals surface area contributed by atoms with Crippen molar-refractivity contribution in [3.8, 4) is 0 Å². The molecule has 5 heteroatoms. The predicted octanol–water partition coefficient (Wildman–Crippen LogP) is 1.23. The first-order chi connectivity index (χ1) is 9.65. The van der Waals surface area contributed by atoms with E-state index in [1.54, 1.807) is 0 Å². The molecule has 1 unspecified atom stereocenters. The van der Waals surface area contributed by atoms with Gasteiger partial charge in [-0.15, -0.1) is 0 Å². The van der Waals surface area contributed by atoms with E-state index in [1.807, 2.05) is 18.5 Å². The molecule has 1 saturated heterocycles. The van der Waals surface area contributed by atoms with E-state index < -0.39 is 0 Å². The predicted molar refractivity (Wildman–Crippen MR) is 83.0 cm³/mol. The summed E-state index contributed by atoms with van der Waals surface area (Å²) < 4.78 is 0. The Labute approximate surface area is 122 Å². The molecule has 1 aromatic heterocycles. The molecule has 0 saturated carbocycles. The summed E-state index contributed by atoms with van der Waals surface area (Å²) in [6.07, 6.45) is 3.63. The smallest absolute Gasteiger partial charge is 0.225 e. The second-order valence-corrected chi connectivity index (χ2v) is 6.00. The molecule has 2 rings (SSSR count). The maximum Gasteiger partial charge on any atom is 0.225 e. The van der Waals surface area contributed by atoms with Gasteiger partial charge in [-0.25, -0.2) is 9.97 Å². The molecule has 0 aliphatic carbocycles. The van der Waals surface area contributed by atoms with Crippen LogP contribution in [0.15, 0.2) is 18.5 Å². The Bertz CT molecular complexity index is 373. The van der Waals surface area contributed by atoms with Crippen LogP contribution in [-0.2, 0) is 0 Å². The third-order valence-electron chi connectivity index (χ3n) is 3.65. The van der Waals surface area contributed by atoms with Gasteiger partial charge in [0.05, 0.1) is 0 Å². The van der Waals surface area contributed by atoms with E-state index >= 15 is 0 Å². The SMILES string of the molecule is CC(CNC(C)C)CN1CCN(c2ncccn2)CC1. The Kier molecular flexibility index (Phi) is 5.73. The lowest BCUT2D eigenvalue weighted by Crippen LogP contribution is -2.49. The van der Waals surface area contributed by atoms with Crippen LogP contribution < -0.4 is 10.2 Å². The van der Waals surface area contributed by atoms with Crippen molar-refractivity contribution in [2.45, 2.75) is 26.8 Å². The first-order valence-corrected chi connectivity index (χ1v) is 7.63. The van der Waals surface area contributed by atoms with Crippen LogP contribution in [0.2, 0.25) is 0 Å². The van der Waals surface area contributed by atoms with Crippen LogP contribution in [0.25, 0.3) is 0 Å². The fourth-order valence-corrected chi connectivity index (χ4v) is 2.53. The maximum atomic E-state index is 4.32. The van der Waals surface area contributed by atoms with Gasteiger partial charge in [0.15, 0.2) is 0 Å². The van der Waals surface area contributed by atoms with Gasteiger partial charge in [0, 0.05) is 51.2 Å². The van der Waals surface area contributed by atoms with Crippen molar-refractivity contribution in [3.63, 3.8) is 0 Å². The molecule has 5 nitrogen and oxygen atoms in total. The van der Waals surface area contributed by atoms with Crippen molar-refractivity contribution >= 4 is 5.95 Å². The molecule has 1 atom stereocenters. The highest BCUT2D eigenvalue weighted by Crippen LogP contribution is 2.10. The molecule has 0 bridgehead atoms. The molecule has 1 fully saturated rings. The van der Waals surface area contributed by atoms with Crippen LogP contribution in [0.5, 0.6) is 0 Å². The van der Waals surface area contributed by atoms with Gasteiger partial charge in [0.25, 0.3) is 0 Å². The Morgan fingerprint density at radius 2 is 1.75 bits per heavy atom. The Morgan fingerprint density at radius 3 is 2.35 bits per heavy atom. The summed E-state index contributed by atoms with van der Waals surface area (Å²) in [5, 5.41) is 3.51. The zero-order valence-electron chi connectivity index (χ0n) is 12.9. The number of hydrogen-bond donors (Lipinski definition) is 1. The Morgan fingerprint density at radius 1 is 1.10 bits per heavy atom. The van der Waals surface area contributed by atoms with Gasteiger partial charge in [-0.1, -0.05) is 20.8 Å². The highest BCUT2D eigenvalue weighted by atomic mass is 15.3. The summed E-state index contributed by atoms with van der Waals surface area (Å²) in [6, 6.07) is 2.44. The molecule has 1 N–H and O–H groups in total. The minimum atomic E-state index is 0.574. The van der Waals surface area contributed by atoms with E-state index in [9.17, 15) is 0 Å². The highest BCUT2D eigenvalue weighted by Gasteiger charge is 2.19. The lowest BCUT2D eigenvalue weighted by molar-refractivity contribution is 0.220. The van der Waals surface area contributed by atoms with Gasteiger partial charge >= 0.3 is 0 Å². The van der Waals surface area contributed by atoms with E-state index in [1.165, 1.54) is 6.54 Å². The molecular weight excluding hydrogens is 250 g/mol. The molecule has 1 aromatic rings. The lowest BCUT2D eigenvalue weighted by Gasteiger charge is -2.36. The van der Waals surface area contributed by atoms with Crippen molar-refractivity contribution in [3.05, 3.63) is 18.5 Å². The molecule has 112 valence electrons. The first-order valence-electron chi connectivity index (χ1n) is 7.63. The first kappa shape index (κ1) is 15.2. The average Bonchev–Trinajstić information content (AvgIpc) is 2.47. The van der Waals surface area contributed by atoms with Gasteiger partial charge in [-0.2, -0.15) is 0 Å². The molecule has 1 aliphatic heterocycles. The van der Waals surface area contributed by atoms with E-state index in [4.69, 9.17) is 0 Å². The Balaban J connectivity index is 1.71. The largest absolute Gasteiger partial charge is 0.338 e. The molecule has 0 aromatic carbocycles. The minimum Gasteiger partial charge on any atom is -0.338 e. The standard InChI is InChI=1S/C15H27N5/c1-13(2)18-11-14(3)12-19-7-9-20(10-8-19)15-16-5-4-6-17-15/h4-6,13-14,18H,7-12H2,1-3H3. The lowest BCUT2D eigenvalue weighted by atomic mass is 10.1. The normalized spacial score (nSPS) is 18.5. The van der Waals surface area contributed by atoms with Gasteiger partial charge in [-0.05, 0) is 18.5 Å². The van der Waals surface area contributed by atoms with Gasteiger partial charge in [0.1, 0.15) is 0 Å². The summed E-state index contributed by atoms with van der Waals surface area (Å²) in [6.45, 7) is 13.2. The topological polar surface area (TPSA) is 44.3 Å². The second-order valence-electron chi connectivity index (χ2n) is 6.00. The molecule has 1 aliphatic rings. The fraction of sp³-hybridized carbons (Fsp3) is 0.733. The van der Waals surface area contributed by atoms with Crippen molar-refractivity contribution in [2.75, 3.05) is 44.2 Å². The van der Waals surface area contributed by atoms with Crippen molar-refractivity contribution in [1.82, 2.24) is 20.2 Å². The van der Waals surface area contributed by atoms with E-state index in [0.717, 1.165) is 38.7 Å². The second kappa shape index (κ2) is 7.55. The molecule has 2 heterocycles. The van der Waals surface area contributed by atoms with Crippen LogP contribution in [0, 0.1) is 5.92 Å². The van der Waals surface area contributed by atoms with Crippen LogP contribution in [0.3, 0.4) is 0 Å². The molecule has 0 spiro atoms. The van der Waals surface area contributed by atoms with Gasteiger partial charge in [0.2, 0.25) is 5.95 Å².